The normalized spacial score (nSPS) is 18.4. The van der Waals surface area contributed by atoms with Crippen LogP contribution in [0.15, 0.2) is 0 Å². The van der Waals surface area contributed by atoms with Crippen LogP contribution in [0.5, 0.6) is 0 Å². The fourth-order valence-corrected chi connectivity index (χ4v) is 2.94. The molecule has 17 heavy (non-hydrogen) atoms. The summed E-state index contributed by atoms with van der Waals surface area (Å²) in [5.41, 5.74) is 0. The summed E-state index contributed by atoms with van der Waals surface area (Å²) in [6, 6.07) is 0. The topological polar surface area (TPSA) is 63.7 Å². The number of sulfone groups is 1. The van der Waals surface area contributed by atoms with Crippen LogP contribution in [0.3, 0.4) is 0 Å². The first-order chi connectivity index (χ1) is 7.94. The molecule has 5 nitrogen and oxygen atoms in total. The molecule has 0 spiro atoms. The van der Waals surface area contributed by atoms with Crippen molar-refractivity contribution in [1.29, 1.82) is 0 Å². The third-order valence-corrected chi connectivity index (χ3v) is 4.55. The number of carbonyl (C=O) groups is 1. The third-order valence-electron chi connectivity index (χ3n) is 3.08. The lowest BCUT2D eigenvalue weighted by Gasteiger charge is -2.30. The number of carbonyl (C=O) groups excluding carboxylic acids is 1. The zero-order valence-electron chi connectivity index (χ0n) is 10.5. The molecule has 0 atom stereocenters. The molecule has 6 heteroatoms. The maximum absolute atomic E-state index is 11.8. The van der Waals surface area contributed by atoms with E-state index in [1.165, 1.54) is 7.11 Å². The quantitative estimate of drug-likeness (QED) is 0.716. The highest BCUT2D eigenvalue weighted by Gasteiger charge is 2.24. The first-order valence-electron chi connectivity index (χ1n) is 5.92. The molecule has 0 aromatic rings. The summed E-state index contributed by atoms with van der Waals surface area (Å²) in [6.07, 6.45) is 1.92. The Morgan fingerprint density at radius 1 is 1.35 bits per heavy atom. The molecule has 1 aliphatic heterocycles. The molecule has 1 heterocycles. The summed E-state index contributed by atoms with van der Waals surface area (Å²) in [6.45, 7) is 3.66. The second kappa shape index (κ2) is 6.35. The van der Waals surface area contributed by atoms with Gasteiger partial charge in [0.2, 0.25) is 5.91 Å². The average Bonchev–Trinajstić information content (AvgIpc) is 2.26. The average molecular weight is 263 g/mol. The number of ether oxygens (including phenoxy) is 1. The first-order valence-corrected chi connectivity index (χ1v) is 7.74. The molecule has 0 aromatic heterocycles. The Hall–Kier alpha value is -0.620. The van der Waals surface area contributed by atoms with Gasteiger partial charge in [0.05, 0.1) is 12.4 Å². The minimum atomic E-state index is -3.32. The minimum Gasteiger partial charge on any atom is -0.384 e. The Morgan fingerprint density at radius 2 is 1.94 bits per heavy atom. The molecule has 1 aliphatic rings. The first kappa shape index (κ1) is 14.4. The number of hydrogen-bond donors (Lipinski definition) is 0. The molecule has 1 fully saturated rings. The van der Waals surface area contributed by atoms with Crippen LogP contribution < -0.4 is 0 Å². The SMILES string of the molecule is COCCS(=O)(=O)CC(=O)N1CCC(C)CC1. The van der Waals surface area contributed by atoms with Gasteiger partial charge in [-0.3, -0.25) is 4.79 Å². The fourth-order valence-electron chi connectivity index (χ4n) is 1.82. The van der Waals surface area contributed by atoms with Crippen molar-refractivity contribution < 1.29 is 17.9 Å². The Bertz CT molecular complexity index is 344. The fraction of sp³-hybridized carbons (Fsp3) is 0.909. The van der Waals surface area contributed by atoms with E-state index in [-0.39, 0.29) is 24.0 Å². The van der Waals surface area contributed by atoms with E-state index in [2.05, 4.69) is 6.92 Å². The van der Waals surface area contributed by atoms with Gasteiger partial charge in [-0.25, -0.2) is 8.42 Å². The molecule has 100 valence electrons. The van der Waals surface area contributed by atoms with Gasteiger partial charge < -0.3 is 9.64 Å². The van der Waals surface area contributed by atoms with Crippen LogP contribution in [0.25, 0.3) is 0 Å². The van der Waals surface area contributed by atoms with Gasteiger partial charge in [-0.15, -0.1) is 0 Å². The third kappa shape index (κ3) is 5.04. The molecule has 1 rings (SSSR count). The van der Waals surface area contributed by atoms with Crippen LogP contribution in [0.2, 0.25) is 0 Å². The van der Waals surface area contributed by atoms with Crippen LogP contribution in [0.1, 0.15) is 19.8 Å². The maximum atomic E-state index is 11.8. The Balaban J connectivity index is 2.43. The largest absolute Gasteiger partial charge is 0.384 e. The van der Waals surface area contributed by atoms with Gasteiger partial charge in [-0.1, -0.05) is 6.92 Å². The highest BCUT2D eigenvalue weighted by atomic mass is 32.2. The van der Waals surface area contributed by atoms with E-state index >= 15 is 0 Å². The molecule has 1 saturated heterocycles. The molecule has 0 bridgehead atoms. The Morgan fingerprint density at radius 3 is 2.47 bits per heavy atom. The highest BCUT2D eigenvalue weighted by Crippen LogP contribution is 2.16. The van der Waals surface area contributed by atoms with Crippen LogP contribution in [0, 0.1) is 5.92 Å². The zero-order valence-corrected chi connectivity index (χ0v) is 11.3. The molecule has 0 saturated carbocycles. The molecular formula is C11H21NO4S. The monoisotopic (exact) mass is 263 g/mol. The molecule has 0 N–H and O–H groups in total. The van der Waals surface area contributed by atoms with E-state index in [1.807, 2.05) is 0 Å². The van der Waals surface area contributed by atoms with Crippen molar-refractivity contribution in [2.24, 2.45) is 5.92 Å². The number of hydrogen-bond acceptors (Lipinski definition) is 4. The zero-order chi connectivity index (χ0) is 12.9. The van der Waals surface area contributed by atoms with Crippen molar-refractivity contribution in [3.8, 4) is 0 Å². The van der Waals surface area contributed by atoms with Crippen LogP contribution >= 0.6 is 0 Å². The lowest BCUT2D eigenvalue weighted by atomic mass is 9.99. The summed E-state index contributed by atoms with van der Waals surface area (Å²) in [5.74, 6) is -0.110. The molecule has 0 unspecified atom stereocenters. The minimum absolute atomic E-state index is 0.0838. The van der Waals surface area contributed by atoms with Gasteiger partial charge in [-0.2, -0.15) is 0 Å². The predicted octanol–water partition coefficient (Wildman–Crippen LogP) is 0.306. The van der Waals surface area contributed by atoms with Crippen molar-refractivity contribution in [1.82, 2.24) is 4.90 Å². The van der Waals surface area contributed by atoms with E-state index in [4.69, 9.17) is 4.74 Å². The number of amides is 1. The summed E-state index contributed by atoms with van der Waals surface area (Å²) in [5, 5.41) is 0. The van der Waals surface area contributed by atoms with Gasteiger partial charge in [0.15, 0.2) is 9.84 Å². The summed E-state index contributed by atoms with van der Waals surface area (Å²) < 4.78 is 27.9. The number of nitrogens with zero attached hydrogens (tertiary/aromatic N) is 1. The molecule has 0 aromatic carbocycles. The van der Waals surface area contributed by atoms with Gasteiger partial charge in [0, 0.05) is 20.2 Å². The Kier molecular flexibility index (Phi) is 5.39. The van der Waals surface area contributed by atoms with Gasteiger partial charge in [-0.05, 0) is 18.8 Å². The molecule has 1 amide bonds. The smallest absolute Gasteiger partial charge is 0.237 e. The van der Waals surface area contributed by atoms with E-state index in [0.717, 1.165) is 12.8 Å². The maximum Gasteiger partial charge on any atom is 0.237 e. The Labute approximate surface area is 103 Å². The standard InChI is InChI=1S/C11H21NO4S/c1-10-3-5-12(6-4-10)11(13)9-17(14,15)8-7-16-2/h10H,3-9H2,1-2H3. The lowest BCUT2D eigenvalue weighted by molar-refractivity contribution is -0.129. The van der Waals surface area contributed by atoms with Crippen LogP contribution in [0.4, 0.5) is 0 Å². The summed E-state index contributed by atoms with van der Waals surface area (Å²) in [7, 11) is -1.87. The van der Waals surface area contributed by atoms with Gasteiger partial charge in [0.25, 0.3) is 0 Å². The van der Waals surface area contributed by atoms with E-state index in [9.17, 15) is 13.2 Å². The molecular weight excluding hydrogens is 242 g/mol. The van der Waals surface area contributed by atoms with E-state index in [1.54, 1.807) is 4.90 Å². The molecule has 0 aliphatic carbocycles. The van der Waals surface area contributed by atoms with Crippen molar-refractivity contribution >= 4 is 15.7 Å². The second-order valence-corrected chi connectivity index (χ2v) is 6.83. The van der Waals surface area contributed by atoms with Gasteiger partial charge in [0.1, 0.15) is 5.75 Å². The van der Waals surface area contributed by atoms with E-state index < -0.39 is 9.84 Å². The predicted molar refractivity (Wildman–Crippen MR) is 65.5 cm³/mol. The summed E-state index contributed by atoms with van der Waals surface area (Å²) in [4.78, 5) is 13.4. The molecule has 0 radical (unpaired) electrons. The second-order valence-electron chi connectivity index (χ2n) is 4.65. The number of methoxy groups -OCH3 is 1. The van der Waals surface area contributed by atoms with Crippen molar-refractivity contribution in [3.63, 3.8) is 0 Å². The van der Waals surface area contributed by atoms with Crippen LogP contribution in [-0.4, -0.2) is 57.5 Å². The number of rotatable bonds is 5. The summed E-state index contributed by atoms with van der Waals surface area (Å²) >= 11 is 0. The lowest BCUT2D eigenvalue weighted by Crippen LogP contribution is -2.41. The highest BCUT2D eigenvalue weighted by molar-refractivity contribution is 7.92. The van der Waals surface area contributed by atoms with Crippen molar-refractivity contribution in [2.75, 3.05) is 38.3 Å². The number of likely N-dealkylation sites (tertiary alicyclic amines) is 1. The van der Waals surface area contributed by atoms with Crippen molar-refractivity contribution in [2.45, 2.75) is 19.8 Å². The number of piperidine rings is 1. The van der Waals surface area contributed by atoms with Crippen LogP contribution in [-0.2, 0) is 19.4 Å². The van der Waals surface area contributed by atoms with E-state index in [0.29, 0.717) is 19.0 Å². The van der Waals surface area contributed by atoms with Gasteiger partial charge >= 0.3 is 0 Å². The van der Waals surface area contributed by atoms with Crippen molar-refractivity contribution in [3.05, 3.63) is 0 Å².